The number of carbonyl (C=O) groups excluding carboxylic acids is 1. The van der Waals surface area contributed by atoms with E-state index in [9.17, 15) is 4.79 Å². The van der Waals surface area contributed by atoms with Gasteiger partial charge in [0.1, 0.15) is 11.4 Å². The van der Waals surface area contributed by atoms with Gasteiger partial charge in [-0.05, 0) is 12.1 Å². The van der Waals surface area contributed by atoms with Gasteiger partial charge in [0, 0.05) is 36.8 Å². The molecule has 0 spiro atoms. The van der Waals surface area contributed by atoms with Gasteiger partial charge in [-0.15, -0.1) is 0 Å². The second-order valence-corrected chi connectivity index (χ2v) is 5.48. The summed E-state index contributed by atoms with van der Waals surface area (Å²) in [6, 6.07) is 10.3. The molecule has 0 aliphatic heterocycles. The van der Waals surface area contributed by atoms with Crippen LogP contribution in [0.2, 0.25) is 5.02 Å². The van der Waals surface area contributed by atoms with Gasteiger partial charge in [0.25, 0.3) is 5.91 Å². The number of pyridine rings is 1. The Balaban J connectivity index is 1.96. The van der Waals surface area contributed by atoms with Crippen molar-refractivity contribution in [3.05, 3.63) is 53.3 Å². The summed E-state index contributed by atoms with van der Waals surface area (Å²) >= 11 is 6.28. The maximum absolute atomic E-state index is 12.2. The van der Waals surface area contributed by atoms with Crippen LogP contribution in [0.5, 0.6) is 11.6 Å². The fourth-order valence-electron chi connectivity index (χ4n) is 2.16. The third-order valence-electron chi connectivity index (χ3n) is 3.42. The van der Waals surface area contributed by atoms with Crippen molar-refractivity contribution in [1.82, 2.24) is 14.9 Å². The van der Waals surface area contributed by atoms with Gasteiger partial charge in [0.05, 0.1) is 10.5 Å². The molecule has 8 heteroatoms. The Morgan fingerprint density at radius 2 is 2.17 bits per heavy atom. The summed E-state index contributed by atoms with van der Waals surface area (Å²) in [5.74, 6) is 0.157. The molecule has 0 radical (unpaired) electrons. The predicted octanol–water partition coefficient (Wildman–Crippen LogP) is 2.97. The summed E-state index contributed by atoms with van der Waals surface area (Å²) in [4.78, 5) is 20.3. The van der Waals surface area contributed by atoms with Gasteiger partial charge in [-0.2, -0.15) is 0 Å². The number of halogens is 1. The zero-order chi connectivity index (χ0) is 17.3. The molecule has 0 saturated heterocycles. The number of fused-ring (bicyclic) bond motifs is 1. The molecule has 1 amide bonds. The molecule has 0 atom stereocenters. The van der Waals surface area contributed by atoms with Gasteiger partial charge in [-0.25, -0.2) is 4.98 Å². The first-order valence-electron chi connectivity index (χ1n) is 6.99. The Morgan fingerprint density at radius 3 is 2.83 bits per heavy atom. The van der Waals surface area contributed by atoms with E-state index in [1.165, 1.54) is 7.05 Å². The van der Waals surface area contributed by atoms with E-state index in [-0.39, 0.29) is 11.7 Å². The summed E-state index contributed by atoms with van der Waals surface area (Å²) < 4.78 is 5.66. The zero-order valence-electron chi connectivity index (χ0n) is 12.7. The molecular weight excluding hydrogens is 330 g/mol. The largest absolute Gasteiger partial charge is 0.439 e. The highest BCUT2D eigenvalue weighted by Gasteiger charge is 2.18. The van der Waals surface area contributed by atoms with Crippen LogP contribution >= 0.6 is 11.6 Å². The number of carbonyl (C=O) groups is 1. The van der Waals surface area contributed by atoms with Crippen LogP contribution in [-0.4, -0.2) is 33.8 Å². The van der Waals surface area contributed by atoms with Crippen LogP contribution in [0.1, 0.15) is 10.5 Å². The molecule has 7 nitrogen and oxygen atoms in total. The summed E-state index contributed by atoms with van der Waals surface area (Å²) in [6.45, 7) is 0. The molecule has 0 bridgehead atoms. The van der Waals surface area contributed by atoms with E-state index in [2.05, 4.69) is 9.97 Å². The summed E-state index contributed by atoms with van der Waals surface area (Å²) in [6.07, 6.45) is 1.62. The number of hydrogen-bond donors (Lipinski definition) is 3. The van der Waals surface area contributed by atoms with Crippen molar-refractivity contribution in [1.29, 1.82) is 5.41 Å². The van der Waals surface area contributed by atoms with Crippen LogP contribution in [0.4, 0.5) is 0 Å². The number of aromatic amines is 1. The Labute approximate surface area is 142 Å². The highest BCUT2D eigenvalue weighted by atomic mass is 35.5. The highest BCUT2D eigenvalue weighted by Crippen LogP contribution is 2.31. The zero-order valence-corrected chi connectivity index (χ0v) is 13.5. The third-order valence-corrected chi connectivity index (χ3v) is 3.73. The number of nitrogens with one attached hydrogen (secondary N) is 2. The first-order valence-corrected chi connectivity index (χ1v) is 7.36. The van der Waals surface area contributed by atoms with E-state index < -0.39 is 5.91 Å². The molecule has 2 aromatic heterocycles. The van der Waals surface area contributed by atoms with Crippen molar-refractivity contribution in [2.24, 2.45) is 5.73 Å². The SMILES string of the molecule is CN(C(=N)N)C(=O)c1cc2c(Cl)cc(Oc3ccccn3)cc2[nH]1. The summed E-state index contributed by atoms with van der Waals surface area (Å²) in [5.41, 5.74) is 6.24. The Morgan fingerprint density at radius 1 is 1.38 bits per heavy atom. The minimum atomic E-state index is -0.429. The Kier molecular flexibility index (Phi) is 4.09. The number of amides is 1. The predicted molar refractivity (Wildman–Crippen MR) is 91.6 cm³/mol. The molecule has 0 fully saturated rings. The molecule has 2 heterocycles. The number of benzene rings is 1. The van der Waals surface area contributed by atoms with Crippen LogP contribution in [0, 0.1) is 5.41 Å². The number of ether oxygens (including phenoxy) is 1. The lowest BCUT2D eigenvalue weighted by molar-refractivity contribution is 0.0864. The molecule has 24 heavy (non-hydrogen) atoms. The van der Waals surface area contributed by atoms with Crippen molar-refractivity contribution in [3.8, 4) is 11.6 Å². The Hall–Kier alpha value is -3.06. The molecule has 0 aliphatic carbocycles. The van der Waals surface area contributed by atoms with E-state index in [0.717, 1.165) is 4.90 Å². The Bertz CT molecular complexity index is 923. The lowest BCUT2D eigenvalue weighted by Gasteiger charge is -2.12. The molecular formula is C16H14ClN5O2. The number of nitrogens with two attached hydrogens (primary N) is 1. The topological polar surface area (TPSA) is 108 Å². The minimum Gasteiger partial charge on any atom is -0.439 e. The van der Waals surface area contributed by atoms with E-state index in [0.29, 0.717) is 27.6 Å². The normalized spacial score (nSPS) is 10.6. The molecule has 3 rings (SSSR count). The second-order valence-electron chi connectivity index (χ2n) is 5.07. The van der Waals surface area contributed by atoms with Crippen molar-refractivity contribution in [2.45, 2.75) is 0 Å². The van der Waals surface area contributed by atoms with Crippen molar-refractivity contribution in [3.63, 3.8) is 0 Å². The quantitative estimate of drug-likeness (QED) is 0.501. The molecule has 0 saturated carbocycles. The van der Waals surface area contributed by atoms with Gasteiger partial charge < -0.3 is 15.5 Å². The monoisotopic (exact) mass is 343 g/mol. The van der Waals surface area contributed by atoms with Crippen LogP contribution in [0.3, 0.4) is 0 Å². The molecule has 3 aromatic rings. The maximum atomic E-state index is 12.2. The number of aromatic nitrogens is 2. The van der Waals surface area contributed by atoms with E-state index >= 15 is 0 Å². The first kappa shape index (κ1) is 15.8. The average Bonchev–Trinajstić information content (AvgIpc) is 2.99. The summed E-state index contributed by atoms with van der Waals surface area (Å²) in [5, 5.41) is 8.43. The molecule has 0 unspecified atom stereocenters. The van der Waals surface area contributed by atoms with Gasteiger partial charge in [-0.3, -0.25) is 15.1 Å². The van der Waals surface area contributed by atoms with E-state index in [1.807, 2.05) is 6.07 Å². The fourth-order valence-corrected chi connectivity index (χ4v) is 2.42. The lowest BCUT2D eigenvalue weighted by atomic mass is 10.2. The molecule has 0 aliphatic rings. The fraction of sp³-hybridized carbons (Fsp3) is 0.0625. The van der Waals surface area contributed by atoms with Crippen molar-refractivity contribution < 1.29 is 9.53 Å². The van der Waals surface area contributed by atoms with Gasteiger partial charge in [0.15, 0.2) is 5.96 Å². The van der Waals surface area contributed by atoms with Crippen LogP contribution < -0.4 is 10.5 Å². The lowest BCUT2D eigenvalue weighted by Crippen LogP contribution is -2.38. The minimum absolute atomic E-state index is 0.277. The second kappa shape index (κ2) is 6.21. The summed E-state index contributed by atoms with van der Waals surface area (Å²) in [7, 11) is 1.42. The van der Waals surface area contributed by atoms with Gasteiger partial charge in [-0.1, -0.05) is 17.7 Å². The first-order chi connectivity index (χ1) is 11.5. The van der Waals surface area contributed by atoms with Gasteiger partial charge >= 0.3 is 0 Å². The smallest absolute Gasteiger partial charge is 0.276 e. The number of H-pyrrole nitrogens is 1. The molecule has 122 valence electrons. The van der Waals surface area contributed by atoms with E-state index in [4.69, 9.17) is 27.5 Å². The average molecular weight is 344 g/mol. The third kappa shape index (κ3) is 3.02. The molecule has 1 aromatic carbocycles. The van der Waals surface area contributed by atoms with Gasteiger partial charge in [0.2, 0.25) is 5.88 Å². The van der Waals surface area contributed by atoms with Crippen molar-refractivity contribution >= 4 is 34.4 Å². The highest BCUT2D eigenvalue weighted by molar-refractivity contribution is 6.35. The number of nitrogens with zero attached hydrogens (tertiary/aromatic N) is 2. The number of rotatable bonds is 3. The van der Waals surface area contributed by atoms with E-state index in [1.54, 1.807) is 36.5 Å². The standard InChI is InChI=1S/C16H14ClN5O2/c1-22(16(18)19)15(23)13-8-10-11(17)6-9(7-12(10)21-13)24-14-4-2-3-5-20-14/h2-8,21H,1H3,(H3,18,19). The van der Waals surface area contributed by atoms with Crippen LogP contribution in [0.15, 0.2) is 42.6 Å². The van der Waals surface area contributed by atoms with Crippen LogP contribution in [0.25, 0.3) is 10.9 Å². The van der Waals surface area contributed by atoms with Crippen LogP contribution in [-0.2, 0) is 0 Å². The van der Waals surface area contributed by atoms with Crippen molar-refractivity contribution in [2.75, 3.05) is 7.05 Å². The molecule has 4 N–H and O–H groups in total. The maximum Gasteiger partial charge on any atom is 0.276 e. The number of guanidine groups is 1. The number of hydrogen-bond acceptors (Lipinski definition) is 4.